The Morgan fingerprint density at radius 3 is 2.78 bits per heavy atom. The molecule has 3 rings (SSSR count). The van der Waals surface area contributed by atoms with Gasteiger partial charge in [-0.2, -0.15) is 0 Å². The Balaban J connectivity index is 1.47. The first-order chi connectivity index (χ1) is 11.3. The second-order valence-corrected chi connectivity index (χ2v) is 7.09. The molecule has 6 heteroatoms. The number of hydrogen-bond donors (Lipinski definition) is 1. The molecule has 0 spiro atoms. The van der Waals surface area contributed by atoms with Gasteiger partial charge in [0.25, 0.3) is 0 Å². The largest absolute Gasteiger partial charge is 0.307 e. The van der Waals surface area contributed by atoms with Crippen LogP contribution in [0, 0.1) is 0 Å². The number of rotatable bonds is 6. The van der Waals surface area contributed by atoms with E-state index < -0.39 is 0 Å². The summed E-state index contributed by atoms with van der Waals surface area (Å²) >= 11 is 1.63. The summed E-state index contributed by atoms with van der Waals surface area (Å²) in [5.41, 5.74) is 1.93. The van der Waals surface area contributed by atoms with Gasteiger partial charge in [0, 0.05) is 36.9 Å². The number of aromatic nitrogens is 3. The van der Waals surface area contributed by atoms with Gasteiger partial charge in [0.2, 0.25) is 0 Å². The fourth-order valence-electron chi connectivity index (χ4n) is 2.96. The third kappa shape index (κ3) is 5.06. The normalized spacial score (nSPS) is 17.8. The molecule has 2 aromatic rings. The van der Waals surface area contributed by atoms with Gasteiger partial charge in [-0.3, -0.25) is 9.97 Å². The summed E-state index contributed by atoms with van der Waals surface area (Å²) in [7, 11) is 0. The Labute approximate surface area is 142 Å². The van der Waals surface area contributed by atoms with Gasteiger partial charge in [-0.15, -0.1) is 11.3 Å². The van der Waals surface area contributed by atoms with Crippen LogP contribution in [0.15, 0.2) is 24.0 Å². The van der Waals surface area contributed by atoms with E-state index in [2.05, 4.69) is 37.5 Å². The van der Waals surface area contributed by atoms with Crippen LogP contribution in [0.2, 0.25) is 0 Å². The molecule has 1 aliphatic rings. The fourth-order valence-corrected chi connectivity index (χ4v) is 3.74. The number of hydrogen-bond acceptors (Lipinski definition) is 6. The first-order valence-corrected chi connectivity index (χ1v) is 9.36. The lowest BCUT2D eigenvalue weighted by Crippen LogP contribution is -2.39. The predicted octanol–water partition coefficient (Wildman–Crippen LogP) is 2.95. The van der Waals surface area contributed by atoms with Crippen LogP contribution in [-0.2, 0) is 6.54 Å². The molecule has 2 aromatic heterocycles. The molecular formula is C17H25N5S. The molecule has 0 aromatic carbocycles. The quantitative estimate of drug-likeness (QED) is 0.882. The van der Waals surface area contributed by atoms with E-state index in [4.69, 9.17) is 0 Å². The monoisotopic (exact) mass is 331 g/mol. The van der Waals surface area contributed by atoms with Crippen molar-refractivity contribution in [2.45, 2.75) is 45.2 Å². The highest BCUT2D eigenvalue weighted by Gasteiger charge is 2.13. The summed E-state index contributed by atoms with van der Waals surface area (Å²) in [6.07, 6.45) is 10.6. The van der Waals surface area contributed by atoms with Crippen molar-refractivity contribution in [1.82, 2.24) is 25.2 Å². The minimum Gasteiger partial charge on any atom is -0.307 e. The average molecular weight is 331 g/mol. The fraction of sp³-hybridized carbons (Fsp3) is 0.588. The van der Waals surface area contributed by atoms with Crippen LogP contribution >= 0.6 is 11.3 Å². The number of likely N-dealkylation sites (tertiary alicyclic amines) is 1. The molecule has 1 atom stereocenters. The zero-order chi connectivity index (χ0) is 15.9. The lowest BCUT2D eigenvalue weighted by atomic mass is 10.2. The van der Waals surface area contributed by atoms with Gasteiger partial charge in [0.1, 0.15) is 10.7 Å². The van der Waals surface area contributed by atoms with Gasteiger partial charge >= 0.3 is 0 Å². The maximum absolute atomic E-state index is 4.65. The Bertz CT molecular complexity index is 578. The minimum absolute atomic E-state index is 0.481. The third-order valence-electron chi connectivity index (χ3n) is 4.20. The van der Waals surface area contributed by atoms with E-state index in [0.29, 0.717) is 6.04 Å². The van der Waals surface area contributed by atoms with E-state index in [9.17, 15) is 0 Å². The van der Waals surface area contributed by atoms with Crippen molar-refractivity contribution >= 4 is 11.3 Å². The molecule has 0 bridgehead atoms. The van der Waals surface area contributed by atoms with Crippen LogP contribution in [0.5, 0.6) is 0 Å². The summed E-state index contributed by atoms with van der Waals surface area (Å²) in [5, 5.41) is 6.64. The molecule has 0 radical (unpaired) electrons. The number of nitrogens with one attached hydrogen (secondary N) is 1. The Morgan fingerprint density at radius 1 is 1.22 bits per heavy atom. The summed E-state index contributed by atoms with van der Waals surface area (Å²) in [6, 6.07) is 0.481. The van der Waals surface area contributed by atoms with E-state index in [1.807, 2.05) is 0 Å². The van der Waals surface area contributed by atoms with Gasteiger partial charge in [-0.25, -0.2) is 4.98 Å². The van der Waals surface area contributed by atoms with Gasteiger partial charge in [0.15, 0.2) is 0 Å². The molecule has 23 heavy (non-hydrogen) atoms. The molecular weight excluding hydrogens is 306 g/mol. The molecule has 0 unspecified atom stereocenters. The molecule has 0 saturated carbocycles. The third-order valence-corrected chi connectivity index (χ3v) is 5.11. The van der Waals surface area contributed by atoms with Crippen LogP contribution in [-0.4, -0.2) is 45.5 Å². The van der Waals surface area contributed by atoms with Crippen molar-refractivity contribution in [2.75, 3.05) is 19.6 Å². The van der Waals surface area contributed by atoms with Gasteiger partial charge in [-0.05, 0) is 32.9 Å². The van der Waals surface area contributed by atoms with Crippen molar-refractivity contribution in [3.8, 4) is 10.7 Å². The molecule has 0 amide bonds. The second kappa shape index (κ2) is 8.47. The van der Waals surface area contributed by atoms with Crippen molar-refractivity contribution in [1.29, 1.82) is 0 Å². The first-order valence-electron chi connectivity index (χ1n) is 8.48. The smallest absolute Gasteiger partial charge is 0.143 e. The standard InChI is InChI=1S/C17H25N5S/c1-14(12-22-8-4-2-3-5-9-22)20-10-15-13-23-17(21-15)16-11-18-6-7-19-16/h6-7,11,13-14,20H,2-5,8-10,12H2,1H3/t14-/m0/s1. The molecule has 5 nitrogen and oxygen atoms in total. The zero-order valence-electron chi connectivity index (χ0n) is 13.7. The van der Waals surface area contributed by atoms with E-state index in [1.165, 1.54) is 38.8 Å². The van der Waals surface area contributed by atoms with Crippen molar-refractivity contribution in [3.05, 3.63) is 29.7 Å². The van der Waals surface area contributed by atoms with Gasteiger partial charge in [0.05, 0.1) is 11.9 Å². The Morgan fingerprint density at radius 2 is 2.04 bits per heavy atom. The molecule has 1 aliphatic heterocycles. The lowest BCUT2D eigenvalue weighted by molar-refractivity contribution is 0.255. The van der Waals surface area contributed by atoms with Crippen molar-refractivity contribution in [3.63, 3.8) is 0 Å². The topological polar surface area (TPSA) is 53.9 Å². The maximum atomic E-state index is 4.65. The van der Waals surface area contributed by atoms with E-state index in [0.717, 1.165) is 29.5 Å². The maximum Gasteiger partial charge on any atom is 0.143 e. The summed E-state index contributed by atoms with van der Waals surface area (Å²) in [4.78, 5) is 15.7. The van der Waals surface area contributed by atoms with E-state index in [-0.39, 0.29) is 0 Å². The molecule has 3 heterocycles. The molecule has 0 aliphatic carbocycles. The van der Waals surface area contributed by atoms with Crippen LogP contribution in [0.4, 0.5) is 0 Å². The van der Waals surface area contributed by atoms with Crippen LogP contribution in [0.3, 0.4) is 0 Å². The SMILES string of the molecule is C[C@@H](CN1CCCCCC1)NCc1csc(-c2cnccn2)n1. The highest BCUT2D eigenvalue weighted by Crippen LogP contribution is 2.20. The van der Waals surface area contributed by atoms with Gasteiger partial charge in [-0.1, -0.05) is 12.8 Å². The number of nitrogens with zero attached hydrogens (tertiary/aromatic N) is 4. The Kier molecular flexibility index (Phi) is 6.07. The predicted molar refractivity (Wildman–Crippen MR) is 94.3 cm³/mol. The minimum atomic E-state index is 0.481. The first kappa shape index (κ1) is 16.5. The molecule has 1 fully saturated rings. The summed E-state index contributed by atoms with van der Waals surface area (Å²) < 4.78 is 0. The van der Waals surface area contributed by atoms with Crippen molar-refractivity contribution in [2.24, 2.45) is 0 Å². The Hall–Kier alpha value is -1.37. The van der Waals surface area contributed by atoms with E-state index >= 15 is 0 Å². The molecule has 1 saturated heterocycles. The van der Waals surface area contributed by atoms with E-state index in [1.54, 1.807) is 29.9 Å². The van der Waals surface area contributed by atoms with Crippen molar-refractivity contribution < 1.29 is 0 Å². The summed E-state index contributed by atoms with van der Waals surface area (Å²) in [5.74, 6) is 0. The van der Waals surface area contributed by atoms with Crippen LogP contribution in [0.25, 0.3) is 10.7 Å². The average Bonchev–Trinajstić information content (AvgIpc) is 2.91. The second-order valence-electron chi connectivity index (χ2n) is 6.23. The highest BCUT2D eigenvalue weighted by molar-refractivity contribution is 7.13. The van der Waals surface area contributed by atoms with Crippen LogP contribution in [0.1, 0.15) is 38.3 Å². The van der Waals surface area contributed by atoms with Gasteiger partial charge < -0.3 is 10.2 Å². The molecule has 1 N–H and O–H groups in total. The zero-order valence-corrected chi connectivity index (χ0v) is 14.6. The lowest BCUT2D eigenvalue weighted by Gasteiger charge is -2.24. The highest BCUT2D eigenvalue weighted by atomic mass is 32.1. The van der Waals surface area contributed by atoms with Crippen LogP contribution < -0.4 is 5.32 Å². The molecule has 124 valence electrons. The number of thiazole rings is 1. The summed E-state index contributed by atoms with van der Waals surface area (Å²) in [6.45, 7) is 6.70.